The van der Waals surface area contributed by atoms with Gasteiger partial charge in [0.25, 0.3) is 10.0 Å². The molecule has 0 fully saturated rings. The van der Waals surface area contributed by atoms with E-state index in [-0.39, 0.29) is 26.9 Å². The van der Waals surface area contributed by atoms with Crippen molar-refractivity contribution in [3.8, 4) is 6.07 Å². The van der Waals surface area contributed by atoms with Crippen molar-refractivity contribution in [1.29, 1.82) is 5.26 Å². The van der Waals surface area contributed by atoms with Gasteiger partial charge in [-0.25, -0.2) is 12.8 Å². The van der Waals surface area contributed by atoms with Gasteiger partial charge in [0.2, 0.25) is 0 Å². The summed E-state index contributed by atoms with van der Waals surface area (Å²) < 4.78 is 39.8. The van der Waals surface area contributed by atoms with Crippen molar-refractivity contribution in [2.24, 2.45) is 0 Å². The average Bonchev–Trinajstić information content (AvgIpc) is 2.43. The molecule has 8 heteroatoms. The predicted molar refractivity (Wildman–Crippen MR) is 77.8 cm³/mol. The van der Waals surface area contributed by atoms with Crippen molar-refractivity contribution in [2.45, 2.75) is 4.90 Å². The van der Waals surface area contributed by atoms with Crippen LogP contribution in [0.5, 0.6) is 0 Å². The monoisotopic (exact) mass is 325 g/mol. The molecule has 0 aliphatic rings. The van der Waals surface area contributed by atoms with E-state index in [2.05, 4.69) is 4.72 Å². The summed E-state index contributed by atoms with van der Waals surface area (Å²) in [6.45, 7) is 0. The first-order chi connectivity index (χ1) is 9.83. The Morgan fingerprint density at radius 2 is 1.95 bits per heavy atom. The first-order valence-corrected chi connectivity index (χ1v) is 7.47. The molecule has 2 aromatic carbocycles. The number of hydrogen-bond donors (Lipinski definition) is 2. The highest BCUT2D eigenvalue weighted by molar-refractivity contribution is 7.92. The minimum atomic E-state index is -4.02. The lowest BCUT2D eigenvalue weighted by Gasteiger charge is -2.10. The van der Waals surface area contributed by atoms with E-state index in [4.69, 9.17) is 22.6 Å². The predicted octanol–water partition coefficient (Wildman–Crippen LogP) is 2.73. The number of anilines is 2. The summed E-state index contributed by atoms with van der Waals surface area (Å²) >= 11 is 5.85. The molecular weight excluding hydrogens is 317 g/mol. The molecule has 0 saturated carbocycles. The summed E-state index contributed by atoms with van der Waals surface area (Å²) in [5.74, 6) is -0.651. The highest BCUT2D eigenvalue weighted by Gasteiger charge is 2.19. The van der Waals surface area contributed by atoms with Gasteiger partial charge in [0.15, 0.2) is 0 Å². The molecule has 0 amide bonds. The summed E-state index contributed by atoms with van der Waals surface area (Å²) in [6.07, 6.45) is 0. The van der Waals surface area contributed by atoms with Crippen LogP contribution in [0.3, 0.4) is 0 Å². The quantitative estimate of drug-likeness (QED) is 0.848. The lowest BCUT2D eigenvalue weighted by atomic mass is 10.2. The van der Waals surface area contributed by atoms with Crippen molar-refractivity contribution in [3.63, 3.8) is 0 Å². The SMILES string of the molecule is N#Cc1ccc(Cl)c(S(=O)(=O)Nc2ccc(F)c(N)c2)c1. The molecule has 0 radical (unpaired) electrons. The van der Waals surface area contributed by atoms with Gasteiger partial charge in [-0.3, -0.25) is 4.72 Å². The number of nitrogens with two attached hydrogens (primary N) is 1. The van der Waals surface area contributed by atoms with E-state index in [1.165, 1.54) is 18.2 Å². The number of nitrogens with one attached hydrogen (secondary N) is 1. The van der Waals surface area contributed by atoms with Crippen molar-refractivity contribution < 1.29 is 12.8 Å². The number of nitrogen functional groups attached to an aromatic ring is 1. The van der Waals surface area contributed by atoms with Gasteiger partial charge < -0.3 is 5.73 Å². The molecule has 0 unspecified atom stereocenters. The van der Waals surface area contributed by atoms with Gasteiger partial charge in [0, 0.05) is 0 Å². The number of hydrogen-bond acceptors (Lipinski definition) is 4. The van der Waals surface area contributed by atoms with Gasteiger partial charge in [0.05, 0.1) is 28.0 Å². The zero-order valence-electron chi connectivity index (χ0n) is 10.5. The molecule has 0 aromatic heterocycles. The zero-order valence-corrected chi connectivity index (χ0v) is 12.0. The fourth-order valence-corrected chi connectivity index (χ4v) is 3.17. The van der Waals surface area contributed by atoms with Crippen LogP contribution in [0.4, 0.5) is 15.8 Å². The second-order valence-corrected chi connectivity index (χ2v) is 6.16. The molecule has 0 heterocycles. The van der Waals surface area contributed by atoms with Crippen LogP contribution in [-0.2, 0) is 10.0 Å². The second kappa shape index (κ2) is 5.60. The van der Waals surface area contributed by atoms with Gasteiger partial charge in [-0.05, 0) is 36.4 Å². The van der Waals surface area contributed by atoms with Crippen LogP contribution in [0.25, 0.3) is 0 Å². The summed E-state index contributed by atoms with van der Waals surface area (Å²) in [5, 5.41) is 8.78. The Balaban J connectivity index is 2.43. The topological polar surface area (TPSA) is 96.0 Å². The van der Waals surface area contributed by atoms with E-state index >= 15 is 0 Å². The number of nitrogens with zero attached hydrogens (tertiary/aromatic N) is 1. The van der Waals surface area contributed by atoms with Crippen LogP contribution in [0.15, 0.2) is 41.3 Å². The molecule has 2 rings (SSSR count). The van der Waals surface area contributed by atoms with E-state index in [9.17, 15) is 12.8 Å². The molecule has 21 heavy (non-hydrogen) atoms. The molecule has 108 valence electrons. The van der Waals surface area contributed by atoms with Crippen LogP contribution in [0.1, 0.15) is 5.56 Å². The number of benzene rings is 2. The smallest absolute Gasteiger partial charge is 0.263 e. The average molecular weight is 326 g/mol. The molecule has 0 spiro atoms. The fraction of sp³-hybridized carbons (Fsp3) is 0. The molecule has 0 aliphatic heterocycles. The van der Waals surface area contributed by atoms with Crippen LogP contribution in [0.2, 0.25) is 5.02 Å². The van der Waals surface area contributed by atoms with Crippen molar-refractivity contribution >= 4 is 33.0 Å². The molecule has 0 bridgehead atoms. The second-order valence-electron chi connectivity index (χ2n) is 4.10. The summed E-state index contributed by atoms with van der Waals surface area (Å²) in [6, 6.07) is 9.11. The van der Waals surface area contributed by atoms with Gasteiger partial charge >= 0.3 is 0 Å². The van der Waals surface area contributed by atoms with Gasteiger partial charge in [-0.2, -0.15) is 5.26 Å². The molecule has 3 N–H and O–H groups in total. The minimum absolute atomic E-state index is 0.0309. The number of nitriles is 1. The Morgan fingerprint density at radius 3 is 2.57 bits per heavy atom. The van der Waals surface area contributed by atoms with Crippen molar-refractivity contribution in [3.05, 3.63) is 52.8 Å². The van der Waals surface area contributed by atoms with Gasteiger partial charge in [-0.1, -0.05) is 11.6 Å². The first kappa shape index (κ1) is 15.1. The largest absolute Gasteiger partial charge is 0.396 e. The third-order valence-electron chi connectivity index (χ3n) is 2.60. The maximum atomic E-state index is 13.1. The van der Waals surface area contributed by atoms with Gasteiger partial charge in [0.1, 0.15) is 10.7 Å². The Labute approximate surface area is 125 Å². The third kappa shape index (κ3) is 3.24. The summed E-state index contributed by atoms with van der Waals surface area (Å²) in [7, 11) is -4.02. The van der Waals surface area contributed by atoms with Crippen LogP contribution >= 0.6 is 11.6 Å². The Morgan fingerprint density at radius 1 is 1.24 bits per heavy atom. The van der Waals surface area contributed by atoms with Gasteiger partial charge in [-0.15, -0.1) is 0 Å². The van der Waals surface area contributed by atoms with Crippen LogP contribution in [0, 0.1) is 17.1 Å². The summed E-state index contributed by atoms with van der Waals surface area (Å²) in [5.41, 5.74) is 5.43. The standard InChI is InChI=1S/C13H9ClFN3O2S/c14-10-3-1-8(7-16)5-13(10)21(19,20)18-9-2-4-11(15)12(17)6-9/h1-6,18H,17H2. The Kier molecular flexibility index (Phi) is 4.02. The maximum absolute atomic E-state index is 13.1. The summed E-state index contributed by atoms with van der Waals surface area (Å²) in [4.78, 5) is -0.244. The lowest BCUT2D eigenvalue weighted by molar-refractivity contribution is 0.601. The highest BCUT2D eigenvalue weighted by atomic mass is 35.5. The van der Waals surface area contributed by atoms with E-state index < -0.39 is 15.8 Å². The molecule has 0 saturated heterocycles. The first-order valence-electron chi connectivity index (χ1n) is 5.61. The third-order valence-corrected chi connectivity index (χ3v) is 4.46. The zero-order chi connectivity index (χ0) is 15.6. The molecule has 0 aliphatic carbocycles. The number of halogens is 2. The van der Waals surface area contributed by atoms with Crippen molar-refractivity contribution in [1.82, 2.24) is 0 Å². The highest BCUT2D eigenvalue weighted by Crippen LogP contribution is 2.26. The van der Waals surface area contributed by atoms with Crippen LogP contribution in [-0.4, -0.2) is 8.42 Å². The number of rotatable bonds is 3. The maximum Gasteiger partial charge on any atom is 0.263 e. The molecule has 0 atom stereocenters. The molecule has 5 nitrogen and oxygen atoms in total. The lowest BCUT2D eigenvalue weighted by Crippen LogP contribution is -2.14. The van der Waals surface area contributed by atoms with Crippen molar-refractivity contribution in [2.75, 3.05) is 10.5 Å². The van der Waals surface area contributed by atoms with E-state index in [0.29, 0.717) is 0 Å². The normalized spacial score (nSPS) is 10.9. The molecule has 2 aromatic rings. The van der Waals surface area contributed by atoms with E-state index in [1.807, 2.05) is 6.07 Å². The Bertz CT molecular complexity index is 847. The van der Waals surface area contributed by atoms with E-state index in [0.717, 1.165) is 18.2 Å². The fourth-order valence-electron chi connectivity index (χ4n) is 1.60. The minimum Gasteiger partial charge on any atom is -0.396 e. The van der Waals surface area contributed by atoms with E-state index in [1.54, 1.807) is 0 Å². The number of sulfonamides is 1. The Hall–Kier alpha value is -2.30. The van der Waals surface area contributed by atoms with Crippen LogP contribution < -0.4 is 10.5 Å². The molecular formula is C13H9ClFN3O2S.